The highest BCUT2D eigenvalue weighted by Gasteiger charge is 2.27. The first-order valence-electron chi connectivity index (χ1n) is 5.20. The number of hydrogen-bond donors (Lipinski definition) is 1. The molecule has 2 unspecified atom stereocenters. The Hall–Kier alpha value is -0.390. The lowest BCUT2D eigenvalue weighted by molar-refractivity contribution is 0.534. The molecule has 0 spiro atoms. The maximum absolute atomic E-state index is 11.6. The normalized spacial score (nSPS) is 16.1. The van der Waals surface area contributed by atoms with Crippen molar-refractivity contribution in [3.8, 4) is 0 Å². The molecular formula is C11H19NO2S2. The second-order valence-electron chi connectivity index (χ2n) is 4.17. The number of thiophene rings is 1. The van der Waals surface area contributed by atoms with Crippen LogP contribution in [0.4, 0.5) is 0 Å². The molecule has 1 rings (SSSR count). The van der Waals surface area contributed by atoms with Crippen LogP contribution in [-0.4, -0.2) is 27.0 Å². The van der Waals surface area contributed by atoms with Crippen molar-refractivity contribution in [3.63, 3.8) is 0 Å². The fourth-order valence-electron chi connectivity index (χ4n) is 1.85. The summed E-state index contributed by atoms with van der Waals surface area (Å²) < 4.78 is 23.2. The highest BCUT2D eigenvalue weighted by Crippen LogP contribution is 2.30. The lowest BCUT2D eigenvalue weighted by Crippen LogP contribution is -2.33. The summed E-state index contributed by atoms with van der Waals surface area (Å²) in [5, 5.41) is 2.69. The lowest BCUT2D eigenvalue weighted by Gasteiger charge is -2.22. The Balaban J connectivity index is 3.13. The van der Waals surface area contributed by atoms with Gasteiger partial charge in [0.05, 0.1) is 5.25 Å². The first-order valence-corrected chi connectivity index (χ1v) is 7.97. The molecule has 16 heavy (non-hydrogen) atoms. The molecule has 0 fully saturated rings. The molecule has 0 radical (unpaired) electrons. The van der Waals surface area contributed by atoms with Crippen molar-refractivity contribution in [2.45, 2.75) is 32.1 Å². The molecule has 1 N–H and O–H groups in total. The topological polar surface area (TPSA) is 46.2 Å². The first-order chi connectivity index (χ1) is 7.27. The van der Waals surface area contributed by atoms with Gasteiger partial charge < -0.3 is 5.32 Å². The largest absolute Gasteiger partial charge is 0.312 e. The van der Waals surface area contributed by atoms with Gasteiger partial charge in [-0.3, -0.25) is 0 Å². The fraction of sp³-hybridized carbons (Fsp3) is 0.636. The minimum Gasteiger partial charge on any atom is -0.312 e. The average molecular weight is 261 g/mol. The standard InChI is InChI=1S/C11H19NO2S2/c1-7-6-10(8(2)15-7)11(12-4)9(3)16(5,13)14/h6,9,11-12H,1-5H3. The summed E-state index contributed by atoms with van der Waals surface area (Å²) in [6.07, 6.45) is 1.29. The predicted octanol–water partition coefficient (Wildman–Crippen LogP) is 2.06. The fourth-order valence-corrected chi connectivity index (χ4v) is 3.60. The van der Waals surface area contributed by atoms with Gasteiger partial charge in [0.2, 0.25) is 0 Å². The Morgan fingerprint density at radius 3 is 2.25 bits per heavy atom. The molecule has 1 aromatic heterocycles. The van der Waals surface area contributed by atoms with Gasteiger partial charge in [0.25, 0.3) is 0 Å². The molecule has 0 bridgehead atoms. The minimum atomic E-state index is -3.03. The molecule has 0 aliphatic heterocycles. The van der Waals surface area contributed by atoms with Crippen LogP contribution < -0.4 is 5.32 Å². The van der Waals surface area contributed by atoms with E-state index in [4.69, 9.17) is 0 Å². The van der Waals surface area contributed by atoms with Gasteiger partial charge in [-0.15, -0.1) is 11.3 Å². The molecule has 2 atom stereocenters. The summed E-state index contributed by atoms with van der Waals surface area (Å²) in [5.41, 5.74) is 1.10. The second kappa shape index (κ2) is 4.85. The van der Waals surface area contributed by atoms with Crippen LogP contribution in [0, 0.1) is 13.8 Å². The van der Waals surface area contributed by atoms with Crippen LogP contribution in [0.1, 0.15) is 28.3 Å². The number of aryl methyl sites for hydroxylation is 2. The lowest BCUT2D eigenvalue weighted by atomic mass is 10.1. The highest BCUT2D eigenvalue weighted by molar-refractivity contribution is 7.91. The average Bonchev–Trinajstić information content (AvgIpc) is 2.45. The molecule has 0 aliphatic rings. The van der Waals surface area contributed by atoms with Gasteiger partial charge in [-0.2, -0.15) is 0 Å². The van der Waals surface area contributed by atoms with Gasteiger partial charge >= 0.3 is 0 Å². The maximum atomic E-state index is 11.6. The molecule has 0 aromatic carbocycles. The van der Waals surface area contributed by atoms with Gasteiger partial charge in [-0.1, -0.05) is 0 Å². The van der Waals surface area contributed by atoms with E-state index in [1.54, 1.807) is 25.3 Å². The number of hydrogen-bond acceptors (Lipinski definition) is 4. The Morgan fingerprint density at radius 1 is 1.38 bits per heavy atom. The predicted molar refractivity (Wildman–Crippen MR) is 69.9 cm³/mol. The van der Waals surface area contributed by atoms with E-state index in [0.29, 0.717) is 0 Å². The third kappa shape index (κ3) is 2.84. The number of nitrogens with one attached hydrogen (secondary N) is 1. The molecule has 5 heteroatoms. The SMILES string of the molecule is CNC(c1cc(C)sc1C)C(C)S(C)(=O)=O. The zero-order valence-corrected chi connectivity index (χ0v) is 12.0. The summed E-state index contributed by atoms with van der Waals surface area (Å²) in [6.45, 7) is 5.83. The molecule has 0 saturated carbocycles. The Labute approximate surface area is 102 Å². The quantitative estimate of drug-likeness (QED) is 0.902. The molecule has 3 nitrogen and oxygen atoms in total. The van der Waals surface area contributed by atoms with Gasteiger partial charge in [-0.05, 0) is 39.4 Å². The van der Waals surface area contributed by atoms with E-state index in [-0.39, 0.29) is 6.04 Å². The van der Waals surface area contributed by atoms with Crippen LogP contribution in [0.3, 0.4) is 0 Å². The first kappa shape index (κ1) is 13.7. The summed E-state index contributed by atoms with van der Waals surface area (Å²) in [7, 11) is -1.22. The molecule has 92 valence electrons. The van der Waals surface area contributed by atoms with Crippen molar-refractivity contribution >= 4 is 21.2 Å². The van der Waals surface area contributed by atoms with Crippen molar-refractivity contribution in [3.05, 3.63) is 21.4 Å². The van der Waals surface area contributed by atoms with E-state index in [9.17, 15) is 8.42 Å². The third-order valence-corrected chi connectivity index (χ3v) is 5.47. The van der Waals surface area contributed by atoms with E-state index in [1.165, 1.54) is 16.0 Å². The zero-order chi connectivity index (χ0) is 12.5. The molecule has 0 aliphatic carbocycles. The van der Waals surface area contributed by atoms with Crippen LogP contribution in [0.5, 0.6) is 0 Å². The monoisotopic (exact) mass is 261 g/mol. The minimum absolute atomic E-state index is 0.125. The van der Waals surface area contributed by atoms with Gasteiger partial charge in [0.15, 0.2) is 9.84 Å². The zero-order valence-electron chi connectivity index (χ0n) is 10.4. The smallest absolute Gasteiger partial charge is 0.151 e. The summed E-state index contributed by atoms with van der Waals surface area (Å²) in [6, 6.07) is 1.95. The molecular weight excluding hydrogens is 242 g/mol. The van der Waals surface area contributed by atoms with E-state index >= 15 is 0 Å². The molecule has 1 aromatic rings. The van der Waals surface area contributed by atoms with Gasteiger partial charge in [0, 0.05) is 22.1 Å². The van der Waals surface area contributed by atoms with Gasteiger partial charge in [-0.25, -0.2) is 8.42 Å². The Bertz CT molecular complexity index is 462. The van der Waals surface area contributed by atoms with E-state index in [1.807, 2.05) is 13.8 Å². The van der Waals surface area contributed by atoms with Crippen molar-refractivity contribution in [2.75, 3.05) is 13.3 Å². The van der Waals surface area contributed by atoms with Gasteiger partial charge in [0.1, 0.15) is 0 Å². The maximum Gasteiger partial charge on any atom is 0.151 e. The molecule has 1 heterocycles. The summed E-state index contributed by atoms with van der Waals surface area (Å²) in [4.78, 5) is 2.40. The molecule has 0 saturated heterocycles. The van der Waals surface area contributed by atoms with E-state index < -0.39 is 15.1 Å². The highest BCUT2D eigenvalue weighted by atomic mass is 32.2. The van der Waals surface area contributed by atoms with Crippen LogP contribution in [-0.2, 0) is 9.84 Å². The van der Waals surface area contributed by atoms with Crippen LogP contribution in [0.15, 0.2) is 6.07 Å². The van der Waals surface area contributed by atoms with Crippen molar-refractivity contribution < 1.29 is 8.42 Å². The second-order valence-corrected chi connectivity index (χ2v) is 8.03. The van der Waals surface area contributed by atoms with E-state index in [2.05, 4.69) is 11.4 Å². The van der Waals surface area contributed by atoms with Crippen molar-refractivity contribution in [1.82, 2.24) is 5.32 Å². The third-order valence-electron chi connectivity index (χ3n) is 2.87. The number of rotatable bonds is 4. The van der Waals surface area contributed by atoms with Crippen LogP contribution >= 0.6 is 11.3 Å². The Kier molecular flexibility index (Phi) is 4.15. The van der Waals surface area contributed by atoms with Crippen LogP contribution in [0.2, 0.25) is 0 Å². The summed E-state index contributed by atoms with van der Waals surface area (Å²) >= 11 is 1.71. The Morgan fingerprint density at radius 2 is 1.94 bits per heavy atom. The van der Waals surface area contributed by atoms with Crippen molar-refractivity contribution in [2.24, 2.45) is 0 Å². The van der Waals surface area contributed by atoms with Crippen LogP contribution in [0.25, 0.3) is 0 Å². The number of sulfone groups is 1. The van der Waals surface area contributed by atoms with E-state index in [0.717, 1.165) is 5.56 Å². The molecule has 0 amide bonds. The van der Waals surface area contributed by atoms with Crippen molar-refractivity contribution in [1.29, 1.82) is 0 Å². The summed E-state index contributed by atoms with van der Waals surface area (Å²) in [5.74, 6) is 0.